The SMILES string of the molecule is COC(=O)c1ccc(CSc2nnc(NC(=O)/C=C/c3ccc(C)o3)s2)cc1. The minimum atomic E-state index is -0.361. The normalized spacial score (nSPS) is 10.9. The fourth-order valence-electron chi connectivity index (χ4n) is 2.17. The lowest BCUT2D eigenvalue weighted by Gasteiger charge is -2.01. The fourth-order valence-corrected chi connectivity index (χ4v) is 3.88. The number of esters is 1. The van der Waals surface area contributed by atoms with Crippen LogP contribution in [0.15, 0.2) is 51.2 Å². The van der Waals surface area contributed by atoms with Crippen LogP contribution >= 0.6 is 23.1 Å². The van der Waals surface area contributed by atoms with Gasteiger partial charge in [-0.05, 0) is 42.8 Å². The second-order valence-electron chi connectivity index (χ2n) is 5.62. The van der Waals surface area contributed by atoms with E-state index in [1.54, 1.807) is 24.3 Å². The lowest BCUT2D eigenvalue weighted by Crippen LogP contribution is -2.07. The third-order valence-corrected chi connectivity index (χ3v) is 5.58. The van der Waals surface area contributed by atoms with Gasteiger partial charge >= 0.3 is 5.97 Å². The summed E-state index contributed by atoms with van der Waals surface area (Å²) in [6, 6.07) is 10.8. The summed E-state index contributed by atoms with van der Waals surface area (Å²) in [5.74, 6) is 1.40. The molecule has 0 spiro atoms. The number of nitrogens with one attached hydrogen (secondary N) is 1. The Morgan fingerprint density at radius 3 is 2.68 bits per heavy atom. The molecule has 0 aliphatic rings. The molecule has 1 N–H and O–H groups in total. The molecular weight excluding hydrogens is 398 g/mol. The van der Waals surface area contributed by atoms with Crippen LogP contribution in [-0.2, 0) is 15.3 Å². The average Bonchev–Trinajstić information content (AvgIpc) is 3.33. The van der Waals surface area contributed by atoms with E-state index >= 15 is 0 Å². The number of aromatic nitrogens is 2. The molecule has 0 saturated carbocycles. The Bertz CT molecular complexity index is 993. The number of ether oxygens (including phenoxy) is 1. The van der Waals surface area contributed by atoms with Crippen molar-refractivity contribution in [3.8, 4) is 0 Å². The van der Waals surface area contributed by atoms with Gasteiger partial charge in [0.1, 0.15) is 11.5 Å². The second-order valence-corrected chi connectivity index (χ2v) is 7.82. The number of hydrogen-bond donors (Lipinski definition) is 1. The molecule has 2 aromatic heterocycles. The summed E-state index contributed by atoms with van der Waals surface area (Å²) < 4.78 is 10.8. The number of rotatable bonds is 7. The molecule has 0 aliphatic heterocycles. The van der Waals surface area contributed by atoms with Crippen molar-refractivity contribution in [2.24, 2.45) is 0 Å². The van der Waals surface area contributed by atoms with E-state index in [-0.39, 0.29) is 11.9 Å². The van der Waals surface area contributed by atoms with Crippen molar-refractivity contribution in [1.29, 1.82) is 0 Å². The van der Waals surface area contributed by atoms with Gasteiger partial charge in [0.2, 0.25) is 11.0 Å². The third-order valence-electron chi connectivity index (χ3n) is 3.53. The molecular formula is C19H17N3O4S2. The molecule has 2 heterocycles. The van der Waals surface area contributed by atoms with Crippen molar-refractivity contribution >= 4 is 46.2 Å². The molecule has 7 nitrogen and oxygen atoms in total. The summed E-state index contributed by atoms with van der Waals surface area (Å²) in [7, 11) is 1.35. The molecule has 0 unspecified atom stereocenters. The molecule has 0 saturated heterocycles. The summed E-state index contributed by atoms with van der Waals surface area (Å²) in [4.78, 5) is 23.4. The smallest absolute Gasteiger partial charge is 0.337 e. The van der Waals surface area contributed by atoms with Crippen molar-refractivity contribution in [2.45, 2.75) is 17.0 Å². The monoisotopic (exact) mass is 415 g/mol. The summed E-state index contributed by atoms with van der Waals surface area (Å²) >= 11 is 2.79. The van der Waals surface area contributed by atoms with E-state index in [0.29, 0.717) is 22.2 Å². The first kappa shape index (κ1) is 19.8. The van der Waals surface area contributed by atoms with Gasteiger partial charge in [0.15, 0.2) is 4.34 Å². The lowest BCUT2D eigenvalue weighted by molar-refractivity contribution is -0.111. The van der Waals surface area contributed by atoms with Crippen LogP contribution in [0.1, 0.15) is 27.4 Å². The Morgan fingerprint density at radius 2 is 2.00 bits per heavy atom. The Morgan fingerprint density at radius 1 is 1.21 bits per heavy atom. The molecule has 1 aromatic carbocycles. The molecule has 1 amide bonds. The van der Waals surface area contributed by atoms with Gasteiger partial charge in [0, 0.05) is 11.8 Å². The highest BCUT2D eigenvalue weighted by molar-refractivity contribution is 8.00. The Balaban J connectivity index is 1.50. The third kappa shape index (κ3) is 5.54. The minimum Gasteiger partial charge on any atom is -0.465 e. The highest BCUT2D eigenvalue weighted by Crippen LogP contribution is 2.28. The fraction of sp³-hybridized carbons (Fsp3) is 0.158. The van der Waals surface area contributed by atoms with Gasteiger partial charge in [-0.15, -0.1) is 10.2 Å². The van der Waals surface area contributed by atoms with Crippen LogP contribution in [0, 0.1) is 6.92 Å². The van der Waals surface area contributed by atoms with Crippen LogP contribution in [-0.4, -0.2) is 29.2 Å². The summed E-state index contributed by atoms with van der Waals surface area (Å²) in [5.41, 5.74) is 1.55. The largest absolute Gasteiger partial charge is 0.465 e. The zero-order valence-electron chi connectivity index (χ0n) is 15.2. The van der Waals surface area contributed by atoms with Gasteiger partial charge in [-0.3, -0.25) is 10.1 Å². The summed E-state index contributed by atoms with van der Waals surface area (Å²) in [5, 5.41) is 11.1. The van der Waals surface area contributed by atoms with E-state index < -0.39 is 0 Å². The van der Waals surface area contributed by atoms with E-state index in [0.717, 1.165) is 15.7 Å². The van der Waals surface area contributed by atoms with E-state index in [1.165, 1.54) is 36.3 Å². The number of carbonyl (C=O) groups excluding carboxylic acids is 2. The van der Waals surface area contributed by atoms with Gasteiger partial charge in [-0.2, -0.15) is 0 Å². The van der Waals surface area contributed by atoms with Crippen LogP contribution in [0.3, 0.4) is 0 Å². The maximum absolute atomic E-state index is 11.9. The van der Waals surface area contributed by atoms with Crippen molar-refractivity contribution in [3.63, 3.8) is 0 Å². The van der Waals surface area contributed by atoms with E-state index in [1.807, 2.05) is 25.1 Å². The molecule has 0 atom stereocenters. The van der Waals surface area contributed by atoms with Crippen LogP contribution in [0.2, 0.25) is 0 Å². The molecule has 0 fully saturated rings. The number of amides is 1. The zero-order chi connectivity index (χ0) is 19.9. The van der Waals surface area contributed by atoms with E-state index in [4.69, 9.17) is 4.42 Å². The number of benzene rings is 1. The minimum absolute atomic E-state index is 0.305. The van der Waals surface area contributed by atoms with Crippen LogP contribution in [0.25, 0.3) is 6.08 Å². The number of anilines is 1. The molecule has 0 aliphatic carbocycles. The van der Waals surface area contributed by atoms with Gasteiger partial charge in [0.25, 0.3) is 0 Å². The second kappa shape index (κ2) is 9.34. The summed E-state index contributed by atoms with van der Waals surface area (Å²) in [6.07, 6.45) is 2.98. The quantitative estimate of drug-likeness (QED) is 0.268. The van der Waals surface area contributed by atoms with Crippen molar-refractivity contribution < 1.29 is 18.7 Å². The predicted molar refractivity (Wildman–Crippen MR) is 108 cm³/mol. The van der Waals surface area contributed by atoms with Crippen LogP contribution < -0.4 is 5.32 Å². The number of furan rings is 1. The van der Waals surface area contributed by atoms with Gasteiger partial charge < -0.3 is 9.15 Å². The molecule has 28 heavy (non-hydrogen) atoms. The van der Waals surface area contributed by atoms with Gasteiger partial charge in [0.05, 0.1) is 12.7 Å². The van der Waals surface area contributed by atoms with Crippen molar-refractivity contribution in [1.82, 2.24) is 10.2 Å². The van der Waals surface area contributed by atoms with E-state index in [2.05, 4.69) is 20.3 Å². The number of aryl methyl sites for hydroxylation is 1. The zero-order valence-corrected chi connectivity index (χ0v) is 16.8. The first-order chi connectivity index (χ1) is 13.5. The lowest BCUT2D eigenvalue weighted by atomic mass is 10.1. The van der Waals surface area contributed by atoms with Crippen LogP contribution in [0.4, 0.5) is 5.13 Å². The summed E-state index contributed by atoms with van der Waals surface area (Å²) in [6.45, 7) is 1.84. The number of thioether (sulfide) groups is 1. The number of nitrogens with zero attached hydrogens (tertiary/aromatic N) is 2. The van der Waals surface area contributed by atoms with Crippen molar-refractivity contribution in [2.75, 3.05) is 12.4 Å². The maximum Gasteiger partial charge on any atom is 0.337 e. The van der Waals surface area contributed by atoms with Gasteiger partial charge in [-0.25, -0.2) is 4.79 Å². The van der Waals surface area contributed by atoms with Crippen molar-refractivity contribution in [3.05, 3.63) is 65.1 Å². The first-order valence-electron chi connectivity index (χ1n) is 8.22. The number of methoxy groups -OCH3 is 1. The highest BCUT2D eigenvalue weighted by Gasteiger charge is 2.09. The average molecular weight is 415 g/mol. The Labute approximate surface area is 169 Å². The standard InChI is InChI=1S/C19H17N3O4S2/c1-12-3-8-15(26-12)9-10-16(23)20-18-21-22-19(28-18)27-11-13-4-6-14(7-5-13)17(24)25-2/h3-10H,11H2,1-2H3,(H,20,21,23)/b10-9+. The molecule has 0 bridgehead atoms. The molecule has 9 heteroatoms. The van der Waals surface area contributed by atoms with E-state index in [9.17, 15) is 9.59 Å². The maximum atomic E-state index is 11.9. The Kier molecular flexibility index (Phi) is 6.62. The topological polar surface area (TPSA) is 94.3 Å². The number of hydrogen-bond acceptors (Lipinski definition) is 8. The van der Waals surface area contributed by atoms with Gasteiger partial charge in [-0.1, -0.05) is 35.2 Å². The molecule has 3 rings (SSSR count). The highest BCUT2D eigenvalue weighted by atomic mass is 32.2. The number of carbonyl (C=O) groups is 2. The first-order valence-corrected chi connectivity index (χ1v) is 10.0. The Hall–Kier alpha value is -2.91. The predicted octanol–water partition coefficient (Wildman–Crippen LogP) is 4.17. The van der Waals surface area contributed by atoms with Crippen LogP contribution in [0.5, 0.6) is 0 Å². The molecule has 3 aromatic rings. The molecule has 0 radical (unpaired) electrons. The molecule has 144 valence electrons.